The fourth-order valence-corrected chi connectivity index (χ4v) is 3.81. The van der Waals surface area contributed by atoms with Crippen LogP contribution in [0.5, 0.6) is 0 Å². The molecule has 4 rings (SSSR count). The molecule has 0 fully saturated rings. The maximum absolute atomic E-state index is 13.4. The molecule has 0 radical (unpaired) electrons. The monoisotopic (exact) mass is 481 g/mol. The zero-order valence-electron chi connectivity index (χ0n) is 16.8. The van der Waals surface area contributed by atoms with E-state index in [1.807, 2.05) is 13.0 Å². The number of pyridine rings is 1. The molecule has 33 heavy (non-hydrogen) atoms. The summed E-state index contributed by atoms with van der Waals surface area (Å²) in [7, 11) is 0. The van der Waals surface area contributed by atoms with Gasteiger partial charge in [-0.05, 0) is 54.4 Å². The summed E-state index contributed by atoms with van der Waals surface area (Å²) >= 11 is 6.18. The number of halogens is 7. The molecule has 3 nitrogen and oxygen atoms in total. The van der Waals surface area contributed by atoms with Gasteiger partial charge in [0.25, 0.3) is 0 Å². The van der Waals surface area contributed by atoms with Crippen LogP contribution in [-0.2, 0) is 12.4 Å². The molecular weight excluding hydrogens is 468 g/mol. The van der Waals surface area contributed by atoms with Crippen LogP contribution in [0.1, 0.15) is 16.7 Å². The normalized spacial score (nSPS) is 12.2. The van der Waals surface area contributed by atoms with Gasteiger partial charge in [0.15, 0.2) is 0 Å². The molecular formula is C23H14ClF6N3. The maximum atomic E-state index is 13.4. The number of rotatable bonds is 3. The van der Waals surface area contributed by atoms with Crippen LogP contribution in [0.4, 0.5) is 26.3 Å². The predicted octanol–water partition coefficient (Wildman–Crippen LogP) is 7.60. The highest BCUT2D eigenvalue weighted by Crippen LogP contribution is 2.39. The van der Waals surface area contributed by atoms with Crippen LogP contribution in [0.3, 0.4) is 0 Å². The number of hydrogen-bond donors (Lipinski definition) is 0. The molecule has 0 atom stereocenters. The van der Waals surface area contributed by atoms with Crippen LogP contribution < -0.4 is 0 Å². The lowest BCUT2D eigenvalue weighted by molar-refractivity contribution is -0.143. The average Bonchev–Trinajstić information content (AvgIpc) is 3.21. The van der Waals surface area contributed by atoms with Crippen LogP contribution in [-0.4, -0.2) is 14.5 Å². The highest BCUT2D eigenvalue weighted by molar-refractivity contribution is 6.31. The average molecular weight is 482 g/mol. The number of imidazole rings is 1. The SMILES string of the molecule is Cc1cc(Cl)cc(-c2ccncc2-n2cncc2-c2cc(C(F)(F)F)cc(C(F)(F)F)c2)c1. The molecule has 0 aliphatic carbocycles. The first-order valence-electron chi connectivity index (χ1n) is 9.47. The summed E-state index contributed by atoms with van der Waals surface area (Å²) < 4.78 is 81.5. The van der Waals surface area contributed by atoms with E-state index in [0.717, 1.165) is 5.56 Å². The summed E-state index contributed by atoms with van der Waals surface area (Å²) in [6.07, 6.45) is -4.43. The van der Waals surface area contributed by atoms with Gasteiger partial charge in [-0.15, -0.1) is 0 Å². The maximum Gasteiger partial charge on any atom is 0.416 e. The third-order valence-corrected chi connectivity index (χ3v) is 5.15. The number of aryl methyl sites for hydroxylation is 1. The van der Waals surface area contributed by atoms with E-state index in [2.05, 4.69) is 9.97 Å². The van der Waals surface area contributed by atoms with Crippen molar-refractivity contribution in [3.05, 3.63) is 89.1 Å². The lowest BCUT2D eigenvalue weighted by Crippen LogP contribution is -2.11. The summed E-state index contributed by atoms with van der Waals surface area (Å²) in [5, 5.41) is 0.478. The van der Waals surface area contributed by atoms with Crippen molar-refractivity contribution < 1.29 is 26.3 Å². The van der Waals surface area contributed by atoms with E-state index in [1.54, 1.807) is 18.2 Å². The van der Waals surface area contributed by atoms with Crippen molar-refractivity contribution in [2.45, 2.75) is 19.3 Å². The summed E-state index contributed by atoms with van der Waals surface area (Å²) in [4.78, 5) is 8.05. The first kappa shape index (κ1) is 22.8. The summed E-state index contributed by atoms with van der Waals surface area (Å²) in [6.45, 7) is 1.85. The van der Waals surface area contributed by atoms with Crippen molar-refractivity contribution in [2.24, 2.45) is 0 Å². The fourth-order valence-electron chi connectivity index (χ4n) is 3.52. The van der Waals surface area contributed by atoms with Crippen LogP contribution in [0.2, 0.25) is 5.02 Å². The van der Waals surface area contributed by atoms with Crippen LogP contribution >= 0.6 is 11.6 Å². The van der Waals surface area contributed by atoms with E-state index in [0.29, 0.717) is 34.0 Å². The lowest BCUT2D eigenvalue weighted by Gasteiger charge is -2.17. The first-order valence-corrected chi connectivity index (χ1v) is 9.85. The Bertz CT molecular complexity index is 1270. The Kier molecular flexibility index (Phi) is 5.69. The van der Waals surface area contributed by atoms with Crippen molar-refractivity contribution >= 4 is 11.6 Å². The Morgan fingerprint density at radius 1 is 0.788 bits per heavy atom. The Hall–Kier alpha value is -3.33. The van der Waals surface area contributed by atoms with Crippen molar-refractivity contribution in [3.8, 4) is 28.1 Å². The van der Waals surface area contributed by atoms with Gasteiger partial charge in [0.2, 0.25) is 0 Å². The molecule has 0 saturated heterocycles. The highest BCUT2D eigenvalue weighted by Gasteiger charge is 2.37. The second-order valence-electron chi connectivity index (χ2n) is 7.35. The van der Waals surface area contributed by atoms with Gasteiger partial charge in [0, 0.05) is 22.3 Å². The Labute approximate surface area is 189 Å². The molecule has 0 bridgehead atoms. The lowest BCUT2D eigenvalue weighted by atomic mass is 10.0. The van der Waals surface area contributed by atoms with E-state index in [9.17, 15) is 26.3 Å². The van der Waals surface area contributed by atoms with Gasteiger partial charge in [-0.3, -0.25) is 9.55 Å². The Morgan fingerprint density at radius 3 is 2.06 bits per heavy atom. The van der Waals surface area contributed by atoms with E-state index in [4.69, 9.17) is 11.6 Å². The summed E-state index contributed by atoms with van der Waals surface area (Å²) in [6, 6.07) is 8.43. The largest absolute Gasteiger partial charge is 0.416 e. The second kappa shape index (κ2) is 8.22. The minimum absolute atomic E-state index is 0.0413. The van der Waals surface area contributed by atoms with Crippen LogP contribution in [0.25, 0.3) is 28.1 Å². The van der Waals surface area contributed by atoms with Crippen molar-refractivity contribution in [2.75, 3.05) is 0 Å². The number of aromatic nitrogens is 3. The fraction of sp³-hybridized carbons (Fsp3) is 0.130. The minimum Gasteiger partial charge on any atom is -0.297 e. The summed E-state index contributed by atoms with van der Waals surface area (Å²) in [5.74, 6) is 0. The van der Waals surface area contributed by atoms with E-state index >= 15 is 0 Å². The number of hydrogen-bond acceptors (Lipinski definition) is 2. The van der Waals surface area contributed by atoms with Gasteiger partial charge in [0.1, 0.15) is 0 Å². The minimum atomic E-state index is -4.96. The quantitative estimate of drug-likeness (QED) is 0.282. The Balaban J connectivity index is 1.93. The molecule has 0 amide bonds. The molecule has 0 unspecified atom stereocenters. The molecule has 170 valence electrons. The van der Waals surface area contributed by atoms with Gasteiger partial charge in [-0.25, -0.2) is 4.98 Å². The molecule has 10 heteroatoms. The Morgan fingerprint density at radius 2 is 1.45 bits per heavy atom. The van der Waals surface area contributed by atoms with E-state index < -0.39 is 23.5 Å². The molecule has 2 heterocycles. The number of nitrogens with zero attached hydrogens (tertiary/aromatic N) is 3. The van der Waals surface area contributed by atoms with Crippen molar-refractivity contribution in [3.63, 3.8) is 0 Å². The predicted molar refractivity (Wildman–Crippen MR) is 112 cm³/mol. The topological polar surface area (TPSA) is 30.7 Å². The van der Waals surface area contributed by atoms with Crippen LogP contribution in [0.15, 0.2) is 67.4 Å². The molecule has 2 aromatic heterocycles. The third-order valence-electron chi connectivity index (χ3n) is 4.93. The van der Waals surface area contributed by atoms with Gasteiger partial charge < -0.3 is 0 Å². The van der Waals surface area contributed by atoms with Crippen molar-refractivity contribution in [1.29, 1.82) is 0 Å². The van der Waals surface area contributed by atoms with Gasteiger partial charge in [-0.2, -0.15) is 26.3 Å². The van der Waals surface area contributed by atoms with Gasteiger partial charge >= 0.3 is 12.4 Å². The standard InChI is InChI=1S/C23H14ClF6N3/c1-13-4-14(8-18(24)5-13)19-2-3-31-11-21(19)33-12-32-10-20(33)15-6-16(22(25,26)27)9-17(7-15)23(28,29)30/h2-12H,1H3. The van der Waals surface area contributed by atoms with Gasteiger partial charge in [0.05, 0.1) is 41.2 Å². The zero-order chi connectivity index (χ0) is 24.0. The number of alkyl halides is 6. The van der Waals surface area contributed by atoms with E-state index in [1.165, 1.54) is 29.5 Å². The number of benzene rings is 2. The first-order chi connectivity index (χ1) is 15.4. The molecule has 0 N–H and O–H groups in total. The molecule has 4 aromatic rings. The van der Waals surface area contributed by atoms with Gasteiger partial charge in [-0.1, -0.05) is 17.7 Å². The molecule has 0 spiro atoms. The molecule has 0 saturated carbocycles. The smallest absolute Gasteiger partial charge is 0.297 e. The molecule has 0 aliphatic heterocycles. The van der Waals surface area contributed by atoms with Crippen LogP contribution in [0, 0.1) is 6.92 Å². The molecule has 2 aromatic carbocycles. The van der Waals surface area contributed by atoms with Crippen molar-refractivity contribution in [1.82, 2.24) is 14.5 Å². The molecule has 0 aliphatic rings. The summed E-state index contributed by atoms with van der Waals surface area (Å²) in [5.41, 5.74) is -0.438. The van der Waals surface area contributed by atoms with E-state index in [-0.39, 0.29) is 17.3 Å². The second-order valence-corrected chi connectivity index (χ2v) is 7.79. The zero-order valence-corrected chi connectivity index (χ0v) is 17.6. The highest BCUT2D eigenvalue weighted by atomic mass is 35.5. The third kappa shape index (κ3) is 4.73.